The summed E-state index contributed by atoms with van der Waals surface area (Å²) in [5.41, 5.74) is 0. The lowest BCUT2D eigenvalue weighted by molar-refractivity contribution is 0.0956. The highest BCUT2D eigenvalue weighted by Gasteiger charge is 2.07. The van der Waals surface area contributed by atoms with E-state index in [0.717, 1.165) is 17.7 Å². The van der Waals surface area contributed by atoms with Crippen molar-refractivity contribution in [2.24, 2.45) is 5.92 Å². The van der Waals surface area contributed by atoms with Crippen molar-refractivity contribution in [1.82, 2.24) is 5.32 Å². The lowest BCUT2D eigenvalue weighted by Crippen LogP contribution is -2.23. The van der Waals surface area contributed by atoms with E-state index in [1.165, 1.54) is 11.3 Å². The maximum absolute atomic E-state index is 11.8. The predicted octanol–water partition coefficient (Wildman–Crippen LogP) is 2.26. The fourth-order valence-electron chi connectivity index (χ4n) is 1.45. The first kappa shape index (κ1) is 14.7. The molecule has 0 radical (unpaired) electrons. The number of rotatable bonds is 5. The molecule has 4 heteroatoms. The minimum absolute atomic E-state index is 0.0409. The molecule has 0 unspecified atom stereocenters. The van der Waals surface area contributed by atoms with E-state index < -0.39 is 0 Å². The zero-order valence-electron chi connectivity index (χ0n) is 10.8. The lowest BCUT2D eigenvalue weighted by atomic mass is 10.1. The fraction of sp³-hybridized carbons (Fsp3) is 0.500. The first-order chi connectivity index (χ1) is 8.63. The van der Waals surface area contributed by atoms with E-state index in [4.69, 9.17) is 5.11 Å². The largest absolute Gasteiger partial charge is 0.384 e. The summed E-state index contributed by atoms with van der Waals surface area (Å²) in [6.45, 7) is 4.90. The van der Waals surface area contributed by atoms with Crippen molar-refractivity contribution in [3.63, 3.8) is 0 Å². The number of aliphatic hydroxyl groups is 1. The van der Waals surface area contributed by atoms with Crippen LogP contribution in [0.2, 0.25) is 0 Å². The van der Waals surface area contributed by atoms with E-state index in [1.807, 2.05) is 0 Å². The SMILES string of the molecule is CC(C)CCCNC(=O)c1ccc(C#CCO)s1. The van der Waals surface area contributed by atoms with Crippen LogP contribution in [0.4, 0.5) is 0 Å². The zero-order chi connectivity index (χ0) is 13.4. The first-order valence-corrected chi connectivity index (χ1v) is 6.93. The third kappa shape index (κ3) is 5.35. The summed E-state index contributed by atoms with van der Waals surface area (Å²) in [5, 5.41) is 11.5. The Morgan fingerprint density at radius 2 is 2.28 bits per heavy atom. The standard InChI is InChI=1S/C14H19NO2S/c1-11(2)5-3-9-15-14(17)13-8-7-12(18-13)6-4-10-16/h7-8,11,16H,3,5,9-10H2,1-2H3,(H,15,17). The van der Waals surface area contributed by atoms with Gasteiger partial charge in [-0.1, -0.05) is 25.7 Å². The van der Waals surface area contributed by atoms with Crippen LogP contribution in [0.5, 0.6) is 0 Å². The molecule has 18 heavy (non-hydrogen) atoms. The van der Waals surface area contributed by atoms with Gasteiger partial charge in [0.2, 0.25) is 0 Å². The van der Waals surface area contributed by atoms with E-state index in [9.17, 15) is 4.79 Å². The second-order valence-electron chi connectivity index (χ2n) is 4.42. The molecule has 0 aromatic carbocycles. The molecule has 0 aliphatic heterocycles. The first-order valence-electron chi connectivity index (χ1n) is 6.11. The Labute approximate surface area is 112 Å². The van der Waals surface area contributed by atoms with Crippen molar-refractivity contribution in [2.45, 2.75) is 26.7 Å². The van der Waals surface area contributed by atoms with Crippen LogP contribution in [-0.4, -0.2) is 24.2 Å². The Morgan fingerprint density at radius 1 is 1.50 bits per heavy atom. The molecule has 0 saturated carbocycles. The molecule has 0 aliphatic carbocycles. The van der Waals surface area contributed by atoms with Crippen LogP contribution in [0.15, 0.2) is 12.1 Å². The maximum Gasteiger partial charge on any atom is 0.261 e. The highest BCUT2D eigenvalue weighted by atomic mass is 32.1. The molecule has 0 saturated heterocycles. The summed E-state index contributed by atoms with van der Waals surface area (Å²) in [4.78, 5) is 13.2. The van der Waals surface area contributed by atoms with Gasteiger partial charge in [0.25, 0.3) is 5.91 Å². The monoisotopic (exact) mass is 265 g/mol. The van der Waals surface area contributed by atoms with Crippen molar-refractivity contribution in [3.8, 4) is 11.8 Å². The maximum atomic E-state index is 11.8. The topological polar surface area (TPSA) is 49.3 Å². The number of aliphatic hydroxyl groups excluding tert-OH is 1. The second kappa shape index (κ2) is 7.91. The Kier molecular flexibility index (Phi) is 6.48. The van der Waals surface area contributed by atoms with Crippen molar-refractivity contribution in [1.29, 1.82) is 0 Å². The van der Waals surface area contributed by atoms with Crippen molar-refractivity contribution >= 4 is 17.2 Å². The van der Waals surface area contributed by atoms with Crippen LogP contribution in [0.1, 0.15) is 41.2 Å². The Bertz CT molecular complexity index is 440. The molecule has 98 valence electrons. The number of carbonyl (C=O) groups is 1. The smallest absolute Gasteiger partial charge is 0.261 e. The zero-order valence-corrected chi connectivity index (χ0v) is 11.6. The van der Waals surface area contributed by atoms with Gasteiger partial charge in [-0.2, -0.15) is 0 Å². The molecule has 0 bridgehead atoms. The summed E-state index contributed by atoms with van der Waals surface area (Å²) in [5.74, 6) is 5.99. The number of nitrogens with one attached hydrogen (secondary N) is 1. The van der Waals surface area contributed by atoms with Gasteiger partial charge >= 0.3 is 0 Å². The average molecular weight is 265 g/mol. The summed E-state index contributed by atoms with van der Waals surface area (Å²) in [6.07, 6.45) is 2.13. The lowest BCUT2D eigenvalue weighted by Gasteiger charge is -2.05. The third-order valence-corrected chi connectivity index (χ3v) is 3.36. The van der Waals surface area contributed by atoms with Crippen LogP contribution >= 0.6 is 11.3 Å². The summed E-state index contributed by atoms with van der Waals surface area (Å²) >= 11 is 1.35. The molecule has 1 amide bonds. The van der Waals surface area contributed by atoms with Gasteiger partial charge in [0.15, 0.2) is 0 Å². The minimum atomic E-state index is -0.158. The van der Waals surface area contributed by atoms with Gasteiger partial charge in [0.05, 0.1) is 9.75 Å². The van der Waals surface area contributed by atoms with Gasteiger partial charge < -0.3 is 10.4 Å². The average Bonchev–Trinajstić information content (AvgIpc) is 2.80. The molecule has 1 aromatic heterocycles. The molecule has 1 aromatic rings. The highest BCUT2D eigenvalue weighted by Crippen LogP contribution is 2.15. The van der Waals surface area contributed by atoms with Crippen molar-refractivity contribution < 1.29 is 9.90 Å². The van der Waals surface area contributed by atoms with Gasteiger partial charge in [-0.3, -0.25) is 4.79 Å². The fourth-order valence-corrected chi connectivity index (χ4v) is 2.25. The van der Waals surface area contributed by atoms with Crippen LogP contribution in [0, 0.1) is 17.8 Å². The van der Waals surface area contributed by atoms with Gasteiger partial charge in [-0.15, -0.1) is 11.3 Å². The molecular weight excluding hydrogens is 246 g/mol. The van der Waals surface area contributed by atoms with E-state index in [1.54, 1.807) is 12.1 Å². The van der Waals surface area contributed by atoms with Gasteiger partial charge in [-0.25, -0.2) is 0 Å². The highest BCUT2D eigenvalue weighted by molar-refractivity contribution is 7.14. The summed E-state index contributed by atoms with van der Waals surface area (Å²) < 4.78 is 0. The summed E-state index contributed by atoms with van der Waals surface area (Å²) in [7, 11) is 0. The number of carbonyl (C=O) groups excluding carboxylic acids is 1. The number of amides is 1. The summed E-state index contributed by atoms with van der Waals surface area (Å²) in [6, 6.07) is 3.57. The third-order valence-electron chi connectivity index (χ3n) is 2.36. The number of hydrogen-bond donors (Lipinski definition) is 2. The van der Waals surface area contributed by atoms with E-state index in [2.05, 4.69) is 31.0 Å². The van der Waals surface area contributed by atoms with Crippen LogP contribution in [-0.2, 0) is 0 Å². The number of hydrogen-bond acceptors (Lipinski definition) is 3. The van der Waals surface area contributed by atoms with Crippen molar-refractivity contribution in [3.05, 3.63) is 21.9 Å². The quantitative estimate of drug-likeness (QED) is 0.634. The molecule has 1 rings (SSSR count). The molecule has 0 atom stereocenters. The number of thiophene rings is 1. The molecule has 2 N–H and O–H groups in total. The van der Waals surface area contributed by atoms with Gasteiger partial charge in [0.1, 0.15) is 6.61 Å². The van der Waals surface area contributed by atoms with Crippen LogP contribution in [0.3, 0.4) is 0 Å². The molecule has 0 spiro atoms. The normalized spacial score (nSPS) is 10.0. The van der Waals surface area contributed by atoms with Gasteiger partial charge in [0, 0.05) is 6.54 Å². The van der Waals surface area contributed by atoms with E-state index in [-0.39, 0.29) is 12.5 Å². The van der Waals surface area contributed by atoms with Crippen molar-refractivity contribution in [2.75, 3.05) is 13.2 Å². The second-order valence-corrected chi connectivity index (χ2v) is 5.50. The van der Waals surface area contributed by atoms with Crippen LogP contribution < -0.4 is 5.32 Å². The van der Waals surface area contributed by atoms with E-state index >= 15 is 0 Å². The molecule has 0 aliphatic rings. The van der Waals surface area contributed by atoms with Gasteiger partial charge in [-0.05, 0) is 30.9 Å². The Hall–Kier alpha value is -1.31. The molecule has 1 heterocycles. The Balaban J connectivity index is 2.40. The predicted molar refractivity (Wildman–Crippen MR) is 74.7 cm³/mol. The minimum Gasteiger partial charge on any atom is -0.384 e. The molecule has 3 nitrogen and oxygen atoms in total. The molecule has 0 fully saturated rings. The van der Waals surface area contributed by atoms with Crippen LogP contribution in [0.25, 0.3) is 0 Å². The van der Waals surface area contributed by atoms with E-state index in [0.29, 0.717) is 17.3 Å². The molecular formula is C14H19NO2S. The Morgan fingerprint density at radius 3 is 2.94 bits per heavy atom.